The molecule has 1 rings (SSSR count). The van der Waals surface area contributed by atoms with E-state index >= 15 is 0 Å². The molecule has 2 amide bonds. The molecule has 0 radical (unpaired) electrons. The zero-order valence-corrected chi connectivity index (χ0v) is 12.2. The summed E-state index contributed by atoms with van der Waals surface area (Å²) >= 11 is 6.04. The van der Waals surface area contributed by atoms with Crippen molar-refractivity contribution in [3.05, 3.63) is 23.2 Å². The molecule has 1 aromatic carbocycles. The van der Waals surface area contributed by atoms with E-state index in [4.69, 9.17) is 21.1 Å². The molecule has 1 N–H and O–H groups in total. The smallest absolute Gasteiger partial charge is 0.321 e. The van der Waals surface area contributed by atoms with Crippen molar-refractivity contribution in [3.63, 3.8) is 0 Å². The summed E-state index contributed by atoms with van der Waals surface area (Å²) in [5, 5.41) is 3.22. The number of carbonyl (C=O) groups is 1. The SMILES string of the molecule is CCOc1ccc(NC(=O)N(C)CCOC)cc1Cl. The molecule has 0 saturated carbocycles. The van der Waals surface area contributed by atoms with Gasteiger partial charge in [-0.25, -0.2) is 4.79 Å². The molecule has 0 fully saturated rings. The van der Waals surface area contributed by atoms with Gasteiger partial charge in [-0.2, -0.15) is 0 Å². The molecule has 0 heterocycles. The number of urea groups is 1. The van der Waals surface area contributed by atoms with Crippen molar-refractivity contribution in [3.8, 4) is 5.75 Å². The van der Waals surface area contributed by atoms with Crippen LogP contribution < -0.4 is 10.1 Å². The van der Waals surface area contributed by atoms with Crippen molar-refractivity contribution in [2.45, 2.75) is 6.92 Å². The Balaban J connectivity index is 2.62. The first-order valence-electron chi connectivity index (χ1n) is 6.02. The van der Waals surface area contributed by atoms with Crippen molar-refractivity contribution in [1.82, 2.24) is 4.90 Å². The van der Waals surface area contributed by atoms with Crippen LogP contribution >= 0.6 is 11.6 Å². The summed E-state index contributed by atoms with van der Waals surface area (Å²) in [6.45, 7) is 3.45. The van der Waals surface area contributed by atoms with Gasteiger partial charge in [0.2, 0.25) is 0 Å². The Bertz CT molecular complexity index is 426. The molecule has 0 aromatic heterocycles. The van der Waals surface area contributed by atoms with E-state index in [1.54, 1.807) is 32.4 Å². The van der Waals surface area contributed by atoms with E-state index < -0.39 is 0 Å². The number of halogens is 1. The third-order valence-electron chi connectivity index (χ3n) is 2.46. The first-order chi connectivity index (χ1) is 9.08. The van der Waals surface area contributed by atoms with E-state index in [2.05, 4.69) is 5.32 Å². The minimum absolute atomic E-state index is 0.211. The summed E-state index contributed by atoms with van der Waals surface area (Å²) in [5.74, 6) is 0.606. The predicted octanol–water partition coefficient (Wildman–Crippen LogP) is 2.85. The van der Waals surface area contributed by atoms with Crippen LogP contribution in [-0.2, 0) is 4.74 Å². The topological polar surface area (TPSA) is 50.8 Å². The lowest BCUT2D eigenvalue weighted by atomic mass is 10.3. The minimum Gasteiger partial charge on any atom is -0.492 e. The quantitative estimate of drug-likeness (QED) is 0.875. The third kappa shape index (κ3) is 4.96. The Kier molecular flexibility index (Phi) is 6.45. The fraction of sp³-hybridized carbons (Fsp3) is 0.462. The number of nitrogens with zero attached hydrogens (tertiary/aromatic N) is 1. The molecule has 106 valence electrons. The van der Waals surface area contributed by atoms with Gasteiger partial charge in [0.05, 0.1) is 18.2 Å². The van der Waals surface area contributed by atoms with Crippen LogP contribution in [0.2, 0.25) is 5.02 Å². The predicted molar refractivity (Wildman–Crippen MR) is 76.1 cm³/mol. The van der Waals surface area contributed by atoms with Crippen LogP contribution in [0.15, 0.2) is 18.2 Å². The number of likely N-dealkylation sites (N-methyl/N-ethyl adjacent to an activating group) is 1. The number of methoxy groups -OCH3 is 1. The lowest BCUT2D eigenvalue weighted by Crippen LogP contribution is -2.33. The molecule has 0 unspecified atom stereocenters. The number of nitrogens with one attached hydrogen (secondary N) is 1. The molecule has 0 bridgehead atoms. The molecule has 1 aromatic rings. The van der Waals surface area contributed by atoms with E-state index in [0.29, 0.717) is 36.2 Å². The van der Waals surface area contributed by atoms with Gasteiger partial charge < -0.3 is 19.7 Å². The summed E-state index contributed by atoms with van der Waals surface area (Å²) < 4.78 is 10.2. The molecule has 5 nitrogen and oxygen atoms in total. The van der Waals surface area contributed by atoms with Gasteiger partial charge in [-0.3, -0.25) is 0 Å². The highest BCUT2D eigenvalue weighted by Gasteiger charge is 2.09. The van der Waals surface area contributed by atoms with Gasteiger partial charge in [-0.15, -0.1) is 0 Å². The van der Waals surface area contributed by atoms with Crippen LogP contribution in [0.4, 0.5) is 10.5 Å². The molecule has 6 heteroatoms. The summed E-state index contributed by atoms with van der Waals surface area (Å²) in [7, 11) is 3.29. The highest BCUT2D eigenvalue weighted by molar-refractivity contribution is 6.32. The second-order valence-electron chi connectivity index (χ2n) is 3.92. The van der Waals surface area contributed by atoms with Crippen LogP contribution in [0.5, 0.6) is 5.75 Å². The molecule has 0 spiro atoms. The summed E-state index contributed by atoms with van der Waals surface area (Å²) in [5.41, 5.74) is 0.628. The van der Waals surface area contributed by atoms with Crippen molar-refractivity contribution in [1.29, 1.82) is 0 Å². The third-order valence-corrected chi connectivity index (χ3v) is 2.76. The summed E-state index contributed by atoms with van der Waals surface area (Å²) in [4.78, 5) is 13.4. The Morgan fingerprint density at radius 3 is 2.79 bits per heavy atom. The minimum atomic E-state index is -0.211. The van der Waals surface area contributed by atoms with Gasteiger partial charge in [0, 0.05) is 26.4 Å². The Morgan fingerprint density at radius 2 is 2.21 bits per heavy atom. The second kappa shape index (κ2) is 7.86. The average Bonchev–Trinajstić information content (AvgIpc) is 2.39. The van der Waals surface area contributed by atoms with Crippen molar-refractivity contribution < 1.29 is 14.3 Å². The number of carbonyl (C=O) groups excluding carboxylic acids is 1. The van der Waals surface area contributed by atoms with Crippen LogP contribution in [0, 0.1) is 0 Å². The molecule has 0 aliphatic carbocycles. The number of hydrogen-bond donors (Lipinski definition) is 1. The lowest BCUT2D eigenvalue weighted by Gasteiger charge is -2.17. The fourth-order valence-corrected chi connectivity index (χ4v) is 1.63. The van der Waals surface area contributed by atoms with Crippen molar-refractivity contribution in [2.75, 3.05) is 39.2 Å². The van der Waals surface area contributed by atoms with E-state index in [1.165, 1.54) is 4.90 Å². The molecule has 0 aliphatic rings. The largest absolute Gasteiger partial charge is 0.492 e. The van der Waals surface area contributed by atoms with Crippen LogP contribution in [-0.4, -0.2) is 44.8 Å². The number of amides is 2. The van der Waals surface area contributed by atoms with E-state index in [0.717, 1.165) is 0 Å². The molecule has 0 atom stereocenters. The maximum atomic E-state index is 11.8. The Morgan fingerprint density at radius 1 is 1.47 bits per heavy atom. The van der Waals surface area contributed by atoms with Crippen LogP contribution in [0.1, 0.15) is 6.92 Å². The van der Waals surface area contributed by atoms with Gasteiger partial charge in [-0.05, 0) is 25.1 Å². The van der Waals surface area contributed by atoms with Gasteiger partial charge >= 0.3 is 6.03 Å². The summed E-state index contributed by atoms with van der Waals surface area (Å²) in [6.07, 6.45) is 0. The highest BCUT2D eigenvalue weighted by atomic mass is 35.5. The van der Waals surface area contributed by atoms with Crippen LogP contribution in [0.3, 0.4) is 0 Å². The zero-order valence-electron chi connectivity index (χ0n) is 11.4. The Labute approximate surface area is 118 Å². The first kappa shape index (κ1) is 15.6. The van der Waals surface area contributed by atoms with E-state index in [1.807, 2.05) is 6.92 Å². The van der Waals surface area contributed by atoms with Gasteiger partial charge in [0.1, 0.15) is 5.75 Å². The number of hydrogen-bond acceptors (Lipinski definition) is 3. The van der Waals surface area contributed by atoms with E-state index in [9.17, 15) is 4.79 Å². The maximum absolute atomic E-state index is 11.8. The zero-order chi connectivity index (χ0) is 14.3. The maximum Gasteiger partial charge on any atom is 0.321 e. The van der Waals surface area contributed by atoms with Gasteiger partial charge in [-0.1, -0.05) is 11.6 Å². The molecular weight excluding hydrogens is 268 g/mol. The standard InChI is InChI=1S/C13H19ClN2O3/c1-4-19-12-6-5-10(9-11(12)14)15-13(17)16(2)7-8-18-3/h5-6,9H,4,7-8H2,1-3H3,(H,15,17). The normalized spacial score (nSPS) is 10.1. The monoisotopic (exact) mass is 286 g/mol. The molecule has 19 heavy (non-hydrogen) atoms. The van der Waals surface area contributed by atoms with E-state index in [-0.39, 0.29) is 6.03 Å². The highest BCUT2D eigenvalue weighted by Crippen LogP contribution is 2.27. The average molecular weight is 287 g/mol. The van der Waals surface area contributed by atoms with Gasteiger partial charge in [0.15, 0.2) is 0 Å². The second-order valence-corrected chi connectivity index (χ2v) is 4.33. The van der Waals surface area contributed by atoms with Crippen molar-refractivity contribution in [2.24, 2.45) is 0 Å². The summed E-state index contributed by atoms with van der Waals surface area (Å²) in [6, 6.07) is 4.93. The fourth-order valence-electron chi connectivity index (χ4n) is 1.40. The Hall–Kier alpha value is -1.46. The van der Waals surface area contributed by atoms with Gasteiger partial charge in [0.25, 0.3) is 0 Å². The molecule has 0 aliphatic heterocycles. The molecular formula is C13H19ClN2O3. The molecule has 0 saturated heterocycles. The number of ether oxygens (including phenoxy) is 2. The number of benzene rings is 1. The van der Waals surface area contributed by atoms with Crippen molar-refractivity contribution >= 4 is 23.3 Å². The van der Waals surface area contributed by atoms with Crippen LogP contribution in [0.25, 0.3) is 0 Å². The number of rotatable bonds is 6. The first-order valence-corrected chi connectivity index (χ1v) is 6.39. The lowest BCUT2D eigenvalue weighted by molar-refractivity contribution is 0.165. The number of anilines is 1.